The molecule has 1 aliphatic rings. The minimum Gasteiger partial charge on any atom is -0.381 e. The minimum atomic E-state index is -4.32. The molecule has 0 aromatic heterocycles. The van der Waals surface area contributed by atoms with Crippen LogP contribution >= 0.6 is 15.9 Å². The highest BCUT2D eigenvalue weighted by Gasteiger charge is 2.33. The molecular formula is C14H17BrF3NO. The third-order valence-corrected chi connectivity index (χ3v) is 4.43. The molecule has 112 valence electrons. The Morgan fingerprint density at radius 2 is 1.95 bits per heavy atom. The number of nitrogens with one attached hydrogen (secondary N) is 1. The minimum absolute atomic E-state index is 0.101. The molecule has 1 N–H and O–H groups in total. The number of hydrogen-bond acceptors (Lipinski definition) is 2. The van der Waals surface area contributed by atoms with Gasteiger partial charge in [-0.25, -0.2) is 0 Å². The summed E-state index contributed by atoms with van der Waals surface area (Å²) in [6.07, 6.45) is -2.61. The summed E-state index contributed by atoms with van der Waals surface area (Å²) < 4.78 is 44.6. The van der Waals surface area contributed by atoms with Crippen LogP contribution in [0.5, 0.6) is 0 Å². The van der Waals surface area contributed by atoms with Crippen molar-refractivity contribution >= 4 is 15.9 Å². The van der Waals surface area contributed by atoms with E-state index >= 15 is 0 Å². The summed E-state index contributed by atoms with van der Waals surface area (Å²) in [7, 11) is 1.78. The van der Waals surface area contributed by atoms with Crippen molar-refractivity contribution < 1.29 is 17.9 Å². The van der Waals surface area contributed by atoms with Crippen molar-refractivity contribution in [3.63, 3.8) is 0 Å². The smallest absolute Gasteiger partial charge is 0.381 e. The number of ether oxygens (including phenoxy) is 1. The predicted molar refractivity (Wildman–Crippen MR) is 74.5 cm³/mol. The second-order valence-corrected chi connectivity index (χ2v) is 5.80. The quantitative estimate of drug-likeness (QED) is 0.882. The van der Waals surface area contributed by atoms with E-state index in [0.29, 0.717) is 23.2 Å². The molecule has 0 amide bonds. The van der Waals surface area contributed by atoms with E-state index in [0.717, 1.165) is 18.9 Å². The fourth-order valence-corrected chi connectivity index (χ4v) is 3.15. The molecule has 0 aliphatic carbocycles. The summed E-state index contributed by atoms with van der Waals surface area (Å²) in [5, 5.41) is 3.15. The van der Waals surface area contributed by atoms with Crippen LogP contribution in [0, 0.1) is 5.92 Å². The highest BCUT2D eigenvalue weighted by molar-refractivity contribution is 9.10. The predicted octanol–water partition coefficient (Wildman–Crippen LogP) is 4.16. The summed E-state index contributed by atoms with van der Waals surface area (Å²) in [6.45, 7) is 1.33. The van der Waals surface area contributed by atoms with Crippen molar-refractivity contribution in [2.24, 2.45) is 5.92 Å². The molecule has 1 aromatic carbocycles. The standard InChI is InChI=1S/C14H17BrF3NO/c1-19-13(9-4-6-20-7-5-9)11-8-10(14(16,17)18)2-3-12(11)15/h2-3,8-9,13,19H,4-7H2,1H3. The Kier molecular flexibility index (Phi) is 5.09. The second kappa shape index (κ2) is 6.45. The van der Waals surface area contributed by atoms with Crippen LogP contribution in [0.15, 0.2) is 22.7 Å². The van der Waals surface area contributed by atoms with Gasteiger partial charge in [0.1, 0.15) is 0 Å². The lowest BCUT2D eigenvalue weighted by Gasteiger charge is -2.31. The van der Waals surface area contributed by atoms with Crippen LogP contribution in [0.25, 0.3) is 0 Å². The van der Waals surface area contributed by atoms with Crippen LogP contribution in [0.1, 0.15) is 30.0 Å². The Balaban J connectivity index is 2.32. The second-order valence-electron chi connectivity index (χ2n) is 4.95. The highest BCUT2D eigenvalue weighted by Crippen LogP contribution is 2.37. The summed E-state index contributed by atoms with van der Waals surface area (Å²) in [4.78, 5) is 0. The molecule has 2 rings (SSSR count). The zero-order chi connectivity index (χ0) is 14.8. The molecule has 1 unspecified atom stereocenters. The molecular weight excluding hydrogens is 335 g/mol. The SMILES string of the molecule is CNC(c1cc(C(F)(F)F)ccc1Br)C1CCOCC1. The molecule has 2 nitrogen and oxygen atoms in total. The van der Waals surface area contributed by atoms with Crippen LogP contribution in [-0.2, 0) is 10.9 Å². The van der Waals surface area contributed by atoms with Crippen LogP contribution in [0.3, 0.4) is 0 Å². The first-order valence-electron chi connectivity index (χ1n) is 6.55. The topological polar surface area (TPSA) is 21.3 Å². The van der Waals surface area contributed by atoms with Gasteiger partial charge in [0.2, 0.25) is 0 Å². The van der Waals surface area contributed by atoms with Gasteiger partial charge in [-0.15, -0.1) is 0 Å². The van der Waals surface area contributed by atoms with E-state index in [2.05, 4.69) is 21.2 Å². The van der Waals surface area contributed by atoms with Crippen LogP contribution in [-0.4, -0.2) is 20.3 Å². The molecule has 0 spiro atoms. The van der Waals surface area contributed by atoms with E-state index in [1.165, 1.54) is 12.1 Å². The molecule has 1 heterocycles. The van der Waals surface area contributed by atoms with E-state index in [9.17, 15) is 13.2 Å². The maximum atomic E-state index is 12.9. The average molecular weight is 352 g/mol. The van der Waals surface area contributed by atoms with Crippen molar-refractivity contribution in [3.8, 4) is 0 Å². The highest BCUT2D eigenvalue weighted by atomic mass is 79.9. The molecule has 0 saturated carbocycles. The number of halogens is 4. The number of benzene rings is 1. The normalized spacial score (nSPS) is 19.1. The van der Waals surface area contributed by atoms with Gasteiger partial charge in [0.25, 0.3) is 0 Å². The van der Waals surface area contributed by atoms with Crippen LogP contribution < -0.4 is 5.32 Å². The maximum absolute atomic E-state index is 12.9. The Bertz CT molecular complexity index is 458. The van der Waals surface area contributed by atoms with Gasteiger partial charge in [0.05, 0.1) is 5.56 Å². The fraction of sp³-hybridized carbons (Fsp3) is 0.571. The van der Waals surface area contributed by atoms with Crippen molar-refractivity contribution in [2.45, 2.75) is 25.1 Å². The average Bonchev–Trinajstić information content (AvgIpc) is 2.41. The Morgan fingerprint density at radius 1 is 1.30 bits per heavy atom. The lowest BCUT2D eigenvalue weighted by Crippen LogP contribution is -2.30. The molecule has 0 radical (unpaired) electrons. The van der Waals surface area contributed by atoms with Crippen molar-refractivity contribution in [3.05, 3.63) is 33.8 Å². The van der Waals surface area contributed by atoms with Gasteiger partial charge < -0.3 is 10.1 Å². The summed E-state index contributed by atoms with van der Waals surface area (Å²) >= 11 is 3.37. The van der Waals surface area contributed by atoms with Gasteiger partial charge in [-0.1, -0.05) is 15.9 Å². The van der Waals surface area contributed by atoms with Gasteiger partial charge in [-0.2, -0.15) is 13.2 Å². The fourth-order valence-electron chi connectivity index (χ4n) is 2.65. The van der Waals surface area contributed by atoms with E-state index in [4.69, 9.17) is 4.74 Å². The van der Waals surface area contributed by atoms with Gasteiger partial charge >= 0.3 is 6.18 Å². The molecule has 20 heavy (non-hydrogen) atoms. The Hall–Kier alpha value is -0.590. The summed E-state index contributed by atoms with van der Waals surface area (Å²) in [6, 6.07) is 3.71. The Labute approximate surface area is 124 Å². The summed E-state index contributed by atoms with van der Waals surface area (Å²) in [5.41, 5.74) is 0.0530. The summed E-state index contributed by atoms with van der Waals surface area (Å²) in [5.74, 6) is 0.286. The van der Waals surface area contributed by atoms with E-state index < -0.39 is 11.7 Å². The monoisotopic (exact) mass is 351 g/mol. The van der Waals surface area contributed by atoms with Crippen molar-refractivity contribution in [1.82, 2.24) is 5.32 Å². The lowest BCUT2D eigenvalue weighted by atomic mass is 9.86. The largest absolute Gasteiger partial charge is 0.416 e. The number of hydrogen-bond donors (Lipinski definition) is 1. The first kappa shape index (κ1) is 15.8. The van der Waals surface area contributed by atoms with E-state index in [1.807, 2.05) is 0 Å². The molecule has 1 saturated heterocycles. The maximum Gasteiger partial charge on any atom is 0.416 e. The third-order valence-electron chi connectivity index (χ3n) is 3.71. The third kappa shape index (κ3) is 3.54. The molecule has 1 fully saturated rings. The molecule has 6 heteroatoms. The van der Waals surface area contributed by atoms with E-state index in [1.54, 1.807) is 7.05 Å². The number of rotatable bonds is 3. The van der Waals surface area contributed by atoms with Crippen molar-refractivity contribution in [2.75, 3.05) is 20.3 Å². The van der Waals surface area contributed by atoms with Crippen molar-refractivity contribution in [1.29, 1.82) is 0 Å². The number of alkyl halides is 3. The molecule has 1 aliphatic heterocycles. The van der Waals surface area contributed by atoms with E-state index in [-0.39, 0.29) is 12.0 Å². The first-order chi connectivity index (χ1) is 9.43. The molecule has 1 atom stereocenters. The van der Waals surface area contributed by atoms with Gasteiger partial charge in [-0.3, -0.25) is 0 Å². The first-order valence-corrected chi connectivity index (χ1v) is 7.34. The van der Waals surface area contributed by atoms with Crippen LogP contribution in [0.4, 0.5) is 13.2 Å². The van der Waals surface area contributed by atoms with Gasteiger partial charge in [-0.05, 0) is 49.6 Å². The van der Waals surface area contributed by atoms with Gasteiger partial charge in [0.15, 0.2) is 0 Å². The zero-order valence-corrected chi connectivity index (χ0v) is 12.7. The zero-order valence-electron chi connectivity index (χ0n) is 11.1. The molecule has 0 bridgehead atoms. The lowest BCUT2D eigenvalue weighted by molar-refractivity contribution is -0.137. The molecule has 1 aromatic rings. The van der Waals surface area contributed by atoms with Crippen LogP contribution in [0.2, 0.25) is 0 Å². The van der Waals surface area contributed by atoms with Gasteiger partial charge in [0, 0.05) is 23.7 Å². The Morgan fingerprint density at radius 3 is 2.50 bits per heavy atom.